The zero-order valence-corrected chi connectivity index (χ0v) is 16.4. The lowest BCUT2D eigenvalue weighted by Crippen LogP contribution is -1.90. The summed E-state index contributed by atoms with van der Waals surface area (Å²) in [6.07, 6.45) is 0. The van der Waals surface area contributed by atoms with E-state index in [1.807, 2.05) is 55.5 Å². The number of halogens is 1. The van der Waals surface area contributed by atoms with Crippen LogP contribution in [0.2, 0.25) is 5.02 Å². The van der Waals surface area contributed by atoms with Gasteiger partial charge in [-0.15, -0.1) is 22.7 Å². The highest BCUT2D eigenvalue weighted by molar-refractivity contribution is 7.20. The maximum Gasteiger partial charge on any atom is 0.152 e. The number of hydrogen-bond donors (Lipinski definition) is 0. The van der Waals surface area contributed by atoms with Gasteiger partial charge in [-0.05, 0) is 43.3 Å². The minimum atomic E-state index is 0.667. The third-order valence-electron chi connectivity index (χ3n) is 3.79. The highest BCUT2D eigenvalue weighted by Crippen LogP contribution is 2.33. The molecule has 0 atom stereocenters. The van der Waals surface area contributed by atoms with E-state index in [2.05, 4.69) is 10.8 Å². The Morgan fingerprint density at radius 1 is 0.808 bits per heavy atom. The molecule has 3 nitrogen and oxygen atoms in total. The predicted octanol–water partition coefficient (Wildman–Crippen LogP) is 6.65. The first-order valence-electron chi connectivity index (χ1n) is 8.13. The van der Waals surface area contributed by atoms with Crippen LogP contribution in [0.1, 0.15) is 6.92 Å². The van der Waals surface area contributed by atoms with E-state index < -0.39 is 0 Å². The standard InChI is InChI=1S/C20H15ClN2OS2/c1-2-24-16-9-5-14(6-10-16)18-12-26-20(23-18)19-22-17(11-25-19)13-3-7-15(21)8-4-13/h3-12H,2H2,1H3. The number of hydrogen-bond acceptors (Lipinski definition) is 5. The third-order valence-corrected chi connectivity index (χ3v) is 5.87. The second kappa shape index (κ2) is 7.58. The van der Waals surface area contributed by atoms with E-state index in [0.717, 1.165) is 43.3 Å². The Morgan fingerprint density at radius 3 is 1.81 bits per heavy atom. The number of thiazole rings is 2. The summed E-state index contributed by atoms with van der Waals surface area (Å²) in [6.45, 7) is 2.65. The van der Waals surface area contributed by atoms with Gasteiger partial charge in [0.15, 0.2) is 10.0 Å². The first-order chi connectivity index (χ1) is 12.7. The van der Waals surface area contributed by atoms with Gasteiger partial charge in [-0.1, -0.05) is 23.7 Å². The highest BCUT2D eigenvalue weighted by Gasteiger charge is 2.12. The summed E-state index contributed by atoms with van der Waals surface area (Å²) in [7, 11) is 0. The molecule has 0 fully saturated rings. The number of rotatable bonds is 5. The zero-order chi connectivity index (χ0) is 17.9. The number of benzene rings is 2. The van der Waals surface area contributed by atoms with E-state index in [-0.39, 0.29) is 0 Å². The van der Waals surface area contributed by atoms with Crippen LogP contribution in [0.15, 0.2) is 59.3 Å². The summed E-state index contributed by atoms with van der Waals surface area (Å²) in [5.74, 6) is 0.874. The van der Waals surface area contributed by atoms with Crippen molar-refractivity contribution < 1.29 is 4.74 Å². The average Bonchev–Trinajstić information content (AvgIpc) is 3.33. The van der Waals surface area contributed by atoms with E-state index in [1.54, 1.807) is 22.7 Å². The normalized spacial score (nSPS) is 10.8. The number of ether oxygens (including phenoxy) is 1. The van der Waals surface area contributed by atoms with Crippen molar-refractivity contribution in [3.63, 3.8) is 0 Å². The van der Waals surface area contributed by atoms with Crippen molar-refractivity contribution in [1.29, 1.82) is 0 Å². The molecule has 0 bridgehead atoms. The van der Waals surface area contributed by atoms with Crippen molar-refractivity contribution in [2.75, 3.05) is 6.61 Å². The second-order valence-electron chi connectivity index (χ2n) is 5.54. The summed E-state index contributed by atoms with van der Waals surface area (Å²) in [5.41, 5.74) is 4.03. The minimum Gasteiger partial charge on any atom is -0.494 e. The Morgan fingerprint density at radius 2 is 1.31 bits per heavy atom. The molecule has 0 radical (unpaired) electrons. The summed E-state index contributed by atoms with van der Waals surface area (Å²) in [4.78, 5) is 9.48. The lowest BCUT2D eigenvalue weighted by Gasteiger charge is -2.03. The monoisotopic (exact) mass is 398 g/mol. The molecule has 4 aromatic rings. The summed E-state index contributed by atoms with van der Waals surface area (Å²) in [6, 6.07) is 15.7. The second-order valence-corrected chi connectivity index (χ2v) is 7.69. The molecule has 130 valence electrons. The fourth-order valence-corrected chi connectivity index (χ4v) is 4.35. The third kappa shape index (κ3) is 3.65. The number of aromatic nitrogens is 2. The highest BCUT2D eigenvalue weighted by atomic mass is 35.5. The molecular formula is C20H15ClN2OS2. The van der Waals surface area contributed by atoms with Crippen LogP contribution < -0.4 is 4.74 Å². The van der Waals surface area contributed by atoms with E-state index in [4.69, 9.17) is 26.3 Å². The molecule has 0 aliphatic rings. The first kappa shape index (κ1) is 17.2. The van der Waals surface area contributed by atoms with Gasteiger partial charge < -0.3 is 4.74 Å². The fourth-order valence-electron chi connectivity index (χ4n) is 2.52. The van der Waals surface area contributed by atoms with E-state index in [9.17, 15) is 0 Å². The Labute approximate surface area is 164 Å². The average molecular weight is 399 g/mol. The molecule has 0 unspecified atom stereocenters. The van der Waals surface area contributed by atoms with Gasteiger partial charge in [0.1, 0.15) is 5.75 Å². The van der Waals surface area contributed by atoms with Crippen LogP contribution in [0.3, 0.4) is 0 Å². The molecule has 0 N–H and O–H groups in total. The molecule has 0 spiro atoms. The largest absolute Gasteiger partial charge is 0.494 e. The summed E-state index contributed by atoms with van der Waals surface area (Å²) < 4.78 is 5.49. The van der Waals surface area contributed by atoms with Crippen molar-refractivity contribution in [1.82, 2.24) is 9.97 Å². The van der Waals surface area contributed by atoms with Crippen LogP contribution in [0.5, 0.6) is 5.75 Å². The van der Waals surface area contributed by atoms with Crippen molar-refractivity contribution >= 4 is 34.3 Å². The molecule has 0 aliphatic carbocycles. The molecule has 2 heterocycles. The van der Waals surface area contributed by atoms with E-state index >= 15 is 0 Å². The van der Waals surface area contributed by atoms with Gasteiger partial charge in [-0.2, -0.15) is 0 Å². The Hall–Kier alpha value is -2.21. The van der Waals surface area contributed by atoms with Crippen LogP contribution in [0, 0.1) is 0 Å². The molecule has 2 aromatic heterocycles. The van der Waals surface area contributed by atoms with E-state index in [0.29, 0.717) is 6.61 Å². The quantitative estimate of drug-likeness (QED) is 0.377. The fraction of sp³-hybridized carbons (Fsp3) is 0.100. The Balaban J connectivity index is 1.57. The van der Waals surface area contributed by atoms with Crippen LogP contribution in [0.4, 0.5) is 0 Å². The minimum absolute atomic E-state index is 0.667. The predicted molar refractivity (Wildman–Crippen MR) is 110 cm³/mol. The maximum atomic E-state index is 5.95. The van der Waals surface area contributed by atoms with Gasteiger partial charge in [0.25, 0.3) is 0 Å². The van der Waals surface area contributed by atoms with Crippen LogP contribution >= 0.6 is 34.3 Å². The topological polar surface area (TPSA) is 35.0 Å². The molecule has 2 aromatic carbocycles. The molecule has 0 aliphatic heterocycles. The lowest BCUT2D eigenvalue weighted by molar-refractivity contribution is 0.340. The maximum absolute atomic E-state index is 5.95. The molecule has 0 saturated heterocycles. The van der Waals surface area contributed by atoms with Crippen molar-refractivity contribution in [2.45, 2.75) is 6.92 Å². The van der Waals surface area contributed by atoms with Gasteiger partial charge in [-0.3, -0.25) is 0 Å². The molecule has 6 heteroatoms. The van der Waals surface area contributed by atoms with Crippen LogP contribution in [-0.4, -0.2) is 16.6 Å². The van der Waals surface area contributed by atoms with Crippen LogP contribution in [0.25, 0.3) is 32.5 Å². The molecule has 0 amide bonds. The van der Waals surface area contributed by atoms with E-state index in [1.165, 1.54) is 0 Å². The van der Waals surface area contributed by atoms with Gasteiger partial charge in [0, 0.05) is 26.9 Å². The molecular weight excluding hydrogens is 384 g/mol. The Kier molecular flexibility index (Phi) is 5.02. The number of nitrogens with zero attached hydrogens (tertiary/aromatic N) is 2. The SMILES string of the molecule is CCOc1ccc(-c2csc(-c3nc(-c4ccc(Cl)cc4)cs3)n2)cc1. The molecule has 0 saturated carbocycles. The summed E-state index contributed by atoms with van der Waals surface area (Å²) in [5, 5.41) is 6.70. The van der Waals surface area contributed by atoms with Crippen molar-refractivity contribution in [2.24, 2.45) is 0 Å². The molecule has 4 rings (SSSR count). The van der Waals surface area contributed by atoms with Gasteiger partial charge in [0.05, 0.1) is 18.0 Å². The van der Waals surface area contributed by atoms with Crippen molar-refractivity contribution in [3.8, 4) is 38.3 Å². The van der Waals surface area contributed by atoms with Crippen molar-refractivity contribution in [3.05, 3.63) is 64.3 Å². The summed E-state index contributed by atoms with van der Waals surface area (Å²) >= 11 is 9.16. The molecule has 26 heavy (non-hydrogen) atoms. The van der Waals surface area contributed by atoms with Gasteiger partial charge >= 0.3 is 0 Å². The van der Waals surface area contributed by atoms with Gasteiger partial charge in [-0.25, -0.2) is 9.97 Å². The lowest BCUT2D eigenvalue weighted by atomic mass is 10.2. The first-order valence-corrected chi connectivity index (χ1v) is 10.3. The smallest absolute Gasteiger partial charge is 0.152 e. The van der Waals surface area contributed by atoms with Crippen LogP contribution in [-0.2, 0) is 0 Å². The van der Waals surface area contributed by atoms with Gasteiger partial charge in [0.2, 0.25) is 0 Å². The Bertz CT molecular complexity index is 1010. The zero-order valence-electron chi connectivity index (χ0n) is 14.0.